The minimum Gasteiger partial charge on any atom is -0.314 e. The fraction of sp³-hybridized carbons (Fsp3) is 0.455. The molecule has 1 aromatic carbocycles. The highest BCUT2D eigenvalue weighted by atomic mass is 35.5. The van der Waals surface area contributed by atoms with Gasteiger partial charge in [0.15, 0.2) is 4.90 Å². The number of nitrogens with zero attached hydrogens (tertiary/aromatic N) is 1. The number of rotatable bonds is 2. The van der Waals surface area contributed by atoms with Crippen molar-refractivity contribution in [2.45, 2.75) is 17.9 Å². The summed E-state index contributed by atoms with van der Waals surface area (Å²) in [6, 6.07) is 2.71. The quantitative estimate of drug-likeness (QED) is 0.897. The molecule has 4 nitrogen and oxygen atoms in total. The molecule has 1 N–H and O–H groups in total. The van der Waals surface area contributed by atoms with Crippen LogP contribution in [0.2, 0.25) is 0 Å². The Morgan fingerprint density at radius 1 is 1.32 bits per heavy atom. The van der Waals surface area contributed by atoms with E-state index in [1.807, 2.05) is 0 Å². The Hall–Kier alpha value is -0.760. The van der Waals surface area contributed by atoms with Crippen LogP contribution in [0.15, 0.2) is 23.1 Å². The van der Waals surface area contributed by atoms with Crippen molar-refractivity contribution in [3.63, 3.8) is 0 Å². The van der Waals surface area contributed by atoms with Crippen molar-refractivity contribution < 1.29 is 17.2 Å². The number of nitrogens with one attached hydrogen (secondary N) is 1. The number of benzene rings is 1. The van der Waals surface area contributed by atoms with Gasteiger partial charge in [-0.1, -0.05) is 6.07 Å². The molecule has 1 fully saturated rings. The van der Waals surface area contributed by atoms with E-state index in [2.05, 4.69) is 5.32 Å². The minimum atomic E-state index is -4.13. The summed E-state index contributed by atoms with van der Waals surface area (Å²) in [6.07, 6.45) is 0. The molecule has 0 saturated carbocycles. The van der Waals surface area contributed by atoms with Crippen molar-refractivity contribution in [3.8, 4) is 0 Å². The minimum absolute atomic E-state index is 0. The molecule has 0 bridgehead atoms. The Labute approximate surface area is 117 Å². The Balaban J connectivity index is 0.00000180. The van der Waals surface area contributed by atoms with Crippen LogP contribution in [-0.2, 0) is 10.0 Å². The van der Waals surface area contributed by atoms with Gasteiger partial charge in [0.1, 0.15) is 11.6 Å². The maximum absolute atomic E-state index is 13.6. The first-order valence-electron chi connectivity index (χ1n) is 5.61. The number of sulfonamides is 1. The van der Waals surface area contributed by atoms with Gasteiger partial charge in [0.2, 0.25) is 10.0 Å². The zero-order chi connectivity index (χ0) is 13.3. The summed E-state index contributed by atoms with van der Waals surface area (Å²) in [4.78, 5) is -0.862. The first-order chi connectivity index (χ1) is 8.44. The van der Waals surface area contributed by atoms with Crippen LogP contribution in [0.3, 0.4) is 0 Å². The van der Waals surface area contributed by atoms with Crippen molar-refractivity contribution in [3.05, 3.63) is 29.8 Å². The highest BCUT2D eigenvalue weighted by Gasteiger charge is 2.34. The molecule has 1 aliphatic rings. The van der Waals surface area contributed by atoms with Gasteiger partial charge in [0.05, 0.1) is 0 Å². The van der Waals surface area contributed by atoms with Gasteiger partial charge in [0, 0.05) is 25.7 Å². The van der Waals surface area contributed by atoms with E-state index in [9.17, 15) is 17.2 Å². The van der Waals surface area contributed by atoms with Crippen LogP contribution < -0.4 is 5.32 Å². The van der Waals surface area contributed by atoms with Gasteiger partial charge < -0.3 is 5.32 Å². The van der Waals surface area contributed by atoms with E-state index < -0.39 is 26.6 Å². The van der Waals surface area contributed by atoms with Gasteiger partial charge >= 0.3 is 0 Å². The Morgan fingerprint density at radius 2 is 1.89 bits per heavy atom. The zero-order valence-corrected chi connectivity index (χ0v) is 11.9. The summed E-state index contributed by atoms with van der Waals surface area (Å²) in [5.74, 6) is -2.11. The molecule has 0 amide bonds. The smallest absolute Gasteiger partial charge is 0.249 e. The van der Waals surface area contributed by atoms with E-state index in [1.165, 1.54) is 0 Å². The molecule has 19 heavy (non-hydrogen) atoms. The molecule has 1 atom stereocenters. The summed E-state index contributed by atoms with van der Waals surface area (Å²) in [5.41, 5.74) is 0. The van der Waals surface area contributed by atoms with E-state index in [-0.39, 0.29) is 25.0 Å². The van der Waals surface area contributed by atoms with E-state index in [0.717, 1.165) is 22.5 Å². The second kappa shape index (κ2) is 6.13. The van der Waals surface area contributed by atoms with Gasteiger partial charge in [-0.15, -0.1) is 12.4 Å². The highest BCUT2D eigenvalue weighted by Crippen LogP contribution is 2.24. The van der Waals surface area contributed by atoms with Crippen LogP contribution in [-0.4, -0.2) is 38.4 Å². The Kier molecular flexibility index (Phi) is 5.26. The predicted molar refractivity (Wildman–Crippen MR) is 69.8 cm³/mol. The molecular weight excluding hydrogens is 298 g/mol. The molecule has 0 radical (unpaired) electrons. The lowest BCUT2D eigenvalue weighted by Gasteiger charge is -2.32. The Bertz CT molecular complexity index is 533. The average molecular weight is 313 g/mol. The van der Waals surface area contributed by atoms with Crippen LogP contribution in [0, 0.1) is 11.6 Å². The third-order valence-corrected chi connectivity index (χ3v) is 4.99. The number of hydrogen-bond donors (Lipinski definition) is 1. The second-order valence-corrected chi connectivity index (χ2v) is 6.05. The van der Waals surface area contributed by atoms with Crippen LogP contribution in [0.4, 0.5) is 8.78 Å². The standard InChI is InChI=1S/C11H14F2N2O2S.ClH/c1-8-7-14-5-6-15(8)18(16,17)11-9(12)3-2-4-10(11)13;/h2-4,8,14H,5-7H2,1H3;1H/t8-;/m1./s1. The molecule has 1 aromatic rings. The zero-order valence-electron chi connectivity index (χ0n) is 10.3. The molecule has 2 rings (SSSR count). The normalized spacial score (nSPS) is 20.9. The van der Waals surface area contributed by atoms with Crippen LogP contribution in [0.5, 0.6) is 0 Å². The maximum Gasteiger partial charge on any atom is 0.249 e. The van der Waals surface area contributed by atoms with Crippen molar-refractivity contribution in [1.29, 1.82) is 0 Å². The first kappa shape index (κ1) is 16.3. The molecule has 1 aliphatic heterocycles. The van der Waals surface area contributed by atoms with Crippen molar-refractivity contribution in [1.82, 2.24) is 9.62 Å². The summed E-state index contributed by atoms with van der Waals surface area (Å²) in [6.45, 7) is 2.84. The van der Waals surface area contributed by atoms with Crippen LogP contribution in [0.1, 0.15) is 6.92 Å². The molecule has 1 saturated heterocycles. The van der Waals surface area contributed by atoms with Gasteiger partial charge in [-0.25, -0.2) is 17.2 Å². The molecule has 1 heterocycles. The fourth-order valence-corrected chi connectivity index (χ4v) is 3.77. The molecule has 0 unspecified atom stereocenters. The molecule has 0 aliphatic carbocycles. The van der Waals surface area contributed by atoms with E-state index in [1.54, 1.807) is 6.92 Å². The van der Waals surface area contributed by atoms with E-state index in [4.69, 9.17) is 0 Å². The van der Waals surface area contributed by atoms with E-state index >= 15 is 0 Å². The van der Waals surface area contributed by atoms with Gasteiger partial charge in [-0.2, -0.15) is 4.31 Å². The van der Waals surface area contributed by atoms with Crippen molar-refractivity contribution >= 4 is 22.4 Å². The predicted octanol–water partition coefficient (Wildman–Crippen LogP) is 1.37. The molecule has 0 spiro atoms. The Morgan fingerprint density at radius 3 is 2.42 bits per heavy atom. The highest BCUT2D eigenvalue weighted by molar-refractivity contribution is 7.89. The monoisotopic (exact) mass is 312 g/mol. The average Bonchev–Trinajstić information content (AvgIpc) is 2.28. The van der Waals surface area contributed by atoms with Crippen LogP contribution in [0.25, 0.3) is 0 Å². The summed E-state index contributed by atoms with van der Waals surface area (Å²) in [7, 11) is -4.13. The second-order valence-electron chi connectivity index (χ2n) is 4.22. The molecule has 108 valence electrons. The molecule has 8 heteroatoms. The third kappa shape index (κ3) is 3.05. The summed E-state index contributed by atoms with van der Waals surface area (Å²) >= 11 is 0. The first-order valence-corrected chi connectivity index (χ1v) is 7.05. The maximum atomic E-state index is 13.6. The largest absolute Gasteiger partial charge is 0.314 e. The van der Waals surface area contributed by atoms with Crippen molar-refractivity contribution in [2.24, 2.45) is 0 Å². The van der Waals surface area contributed by atoms with Crippen LogP contribution >= 0.6 is 12.4 Å². The SMILES string of the molecule is C[C@@H]1CNCCN1S(=O)(=O)c1c(F)cccc1F.Cl. The molecular formula is C11H15ClF2N2O2S. The number of piperazine rings is 1. The number of halogens is 3. The lowest BCUT2D eigenvalue weighted by Crippen LogP contribution is -2.52. The molecule has 0 aromatic heterocycles. The van der Waals surface area contributed by atoms with Gasteiger partial charge in [-0.3, -0.25) is 0 Å². The summed E-state index contributed by atoms with van der Waals surface area (Å²) < 4.78 is 52.8. The summed E-state index contributed by atoms with van der Waals surface area (Å²) in [5, 5.41) is 3.02. The van der Waals surface area contributed by atoms with Gasteiger partial charge in [-0.05, 0) is 19.1 Å². The number of hydrogen-bond acceptors (Lipinski definition) is 3. The third-order valence-electron chi connectivity index (χ3n) is 2.93. The fourth-order valence-electron chi connectivity index (χ4n) is 2.03. The van der Waals surface area contributed by atoms with Gasteiger partial charge in [0.25, 0.3) is 0 Å². The lowest BCUT2D eigenvalue weighted by atomic mass is 10.3. The van der Waals surface area contributed by atoms with Crippen molar-refractivity contribution in [2.75, 3.05) is 19.6 Å². The lowest BCUT2D eigenvalue weighted by molar-refractivity contribution is 0.281. The van der Waals surface area contributed by atoms with E-state index in [0.29, 0.717) is 13.1 Å². The topological polar surface area (TPSA) is 49.4 Å².